The predicted octanol–water partition coefficient (Wildman–Crippen LogP) is 3.12. The van der Waals surface area contributed by atoms with Crippen molar-refractivity contribution in [1.29, 1.82) is 0 Å². The summed E-state index contributed by atoms with van der Waals surface area (Å²) in [7, 11) is 0. The van der Waals surface area contributed by atoms with E-state index in [2.05, 4.69) is 9.98 Å². The first kappa shape index (κ1) is 13.3. The third-order valence-electron chi connectivity index (χ3n) is 2.90. The number of benzene rings is 1. The molecule has 1 aliphatic heterocycles. The standard InChI is InChI=1S/C14H12N2O2S2/c1-8(17)11-7-19-13(16-11)4-5-14-15-10-3-2-9(18)6-12(10)20-14/h2-6,11,18H,7H2,1H3/b5-4+. The number of phenols is 1. The van der Waals surface area contributed by atoms with E-state index in [9.17, 15) is 9.90 Å². The third kappa shape index (κ3) is 2.76. The van der Waals surface area contributed by atoms with Crippen molar-refractivity contribution in [3.05, 3.63) is 29.3 Å². The zero-order chi connectivity index (χ0) is 14.1. The Labute approximate surface area is 124 Å². The SMILES string of the molecule is CC(=O)C1CSC(/C=C/c2nc3ccc(O)cc3s2)=N1. The molecule has 1 aromatic carbocycles. The van der Waals surface area contributed by atoms with Gasteiger partial charge in [-0.05, 0) is 37.3 Å². The van der Waals surface area contributed by atoms with Crippen molar-refractivity contribution < 1.29 is 9.90 Å². The molecule has 0 aliphatic carbocycles. The second kappa shape index (κ2) is 5.38. The molecule has 0 fully saturated rings. The maximum absolute atomic E-state index is 11.2. The number of aromatic hydroxyl groups is 1. The molecule has 20 heavy (non-hydrogen) atoms. The number of Topliss-reactive ketones (excluding diaryl/α,β-unsaturated/α-hetero) is 1. The number of thioether (sulfide) groups is 1. The van der Waals surface area contributed by atoms with Crippen LogP contribution in [0, 0.1) is 0 Å². The summed E-state index contributed by atoms with van der Waals surface area (Å²) in [6.45, 7) is 1.57. The highest BCUT2D eigenvalue weighted by molar-refractivity contribution is 8.14. The summed E-state index contributed by atoms with van der Waals surface area (Å²) in [5, 5.41) is 11.2. The Kier molecular flexibility index (Phi) is 3.58. The molecule has 102 valence electrons. The molecule has 0 bridgehead atoms. The van der Waals surface area contributed by atoms with E-state index >= 15 is 0 Å². The number of hydrogen-bond donors (Lipinski definition) is 1. The highest BCUT2D eigenvalue weighted by atomic mass is 32.2. The van der Waals surface area contributed by atoms with Gasteiger partial charge in [-0.15, -0.1) is 23.1 Å². The molecular weight excluding hydrogens is 292 g/mol. The Balaban J connectivity index is 1.81. The summed E-state index contributed by atoms with van der Waals surface area (Å²) in [6.07, 6.45) is 3.79. The van der Waals surface area contributed by atoms with Crippen LogP contribution in [0.25, 0.3) is 16.3 Å². The lowest BCUT2D eigenvalue weighted by molar-refractivity contribution is -0.117. The molecule has 2 heterocycles. The van der Waals surface area contributed by atoms with Gasteiger partial charge in [-0.3, -0.25) is 9.79 Å². The first-order valence-electron chi connectivity index (χ1n) is 6.10. The summed E-state index contributed by atoms with van der Waals surface area (Å²) in [5.74, 6) is 1.08. The topological polar surface area (TPSA) is 62.5 Å². The lowest BCUT2D eigenvalue weighted by Crippen LogP contribution is -2.14. The predicted molar refractivity (Wildman–Crippen MR) is 84.7 cm³/mol. The summed E-state index contributed by atoms with van der Waals surface area (Å²) in [6, 6.07) is 4.93. The highest BCUT2D eigenvalue weighted by Gasteiger charge is 2.20. The van der Waals surface area contributed by atoms with Gasteiger partial charge >= 0.3 is 0 Å². The Hall–Kier alpha value is -1.66. The first-order valence-corrected chi connectivity index (χ1v) is 7.91. The second-order valence-electron chi connectivity index (χ2n) is 4.44. The average molecular weight is 304 g/mol. The van der Waals surface area contributed by atoms with E-state index in [4.69, 9.17) is 0 Å². The van der Waals surface area contributed by atoms with E-state index in [-0.39, 0.29) is 17.6 Å². The fourth-order valence-corrected chi connectivity index (χ4v) is 3.74. The van der Waals surface area contributed by atoms with Gasteiger partial charge in [-0.2, -0.15) is 0 Å². The number of fused-ring (bicyclic) bond motifs is 1. The zero-order valence-electron chi connectivity index (χ0n) is 10.7. The lowest BCUT2D eigenvalue weighted by Gasteiger charge is -1.95. The normalized spacial score (nSPS) is 18.9. The number of carbonyl (C=O) groups excluding carboxylic acids is 1. The van der Waals surface area contributed by atoms with E-state index in [0.29, 0.717) is 0 Å². The van der Waals surface area contributed by atoms with Gasteiger partial charge in [0.1, 0.15) is 16.8 Å². The Morgan fingerprint density at radius 1 is 1.45 bits per heavy atom. The van der Waals surface area contributed by atoms with Gasteiger partial charge < -0.3 is 5.11 Å². The van der Waals surface area contributed by atoms with Crippen LogP contribution in [0.15, 0.2) is 29.3 Å². The largest absolute Gasteiger partial charge is 0.508 e. The molecule has 1 aliphatic rings. The molecule has 0 amide bonds. The van der Waals surface area contributed by atoms with Crippen LogP contribution in [-0.2, 0) is 4.79 Å². The Morgan fingerprint density at radius 3 is 3.05 bits per heavy atom. The molecule has 1 aromatic heterocycles. The molecule has 0 radical (unpaired) electrons. The van der Waals surface area contributed by atoms with Crippen molar-refractivity contribution >= 4 is 50.2 Å². The van der Waals surface area contributed by atoms with Gasteiger partial charge in [0.15, 0.2) is 5.78 Å². The summed E-state index contributed by atoms with van der Waals surface area (Å²) in [4.78, 5) is 20.0. The van der Waals surface area contributed by atoms with E-state index in [1.807, 2.05) is 12.2 Å². The minimum absolute atomic E-state index is 0.108. The van der Waals surface area contributed by atoms with Gasteiger partial charge in [0.05, 0.1) is 15.3 Å². The van der Waals surface area contributed by atoms with Crippen LogP contribution in [0.2, 0.25) is 0 Å². The molecular formula is C14H12N2O2S2. The monoisotopic (exact) mass is 304 g/mol. The smallest absolute Gasteiger partial charge is 0.155 e. The summed E-state index contributed by atoms with van der Waals surface area (Å²) in [5.41, 5.74) is 0.870. The van der Waals surface area contributed by atoms with Crippen LogP contribution in [0.4, 0.5) is 0 Å². The number of hydrogen-bond acceptors (Lipinski definition) is 6. The number of ketones is 1. The lowest BCUT2D eigenvalue weighted by atomic mass is 10.2. The van der Waals surface area contributed by atoms with Crippen molar-refractivity contribution in [2.24, 2.45) is 4.99 Å². The van der Waals surface area contributed by atoms with Crippen LogP contribution in [-0.4, -0.2) is 32.7 Å². The van der Waals surface area contributed by atoms with Gasteiger partial charge in [-0.25, -0.2) is 4.98 Å². The van der Waals surface area contributed by atoms with Crippen LogP contribution >= 0.6 is 23.1 Å². The molecule has 1 unspecified atom stereocenters. The number of carbonyl (C=O) groups is 1. The molecule has 2 aromatic rings. The second-order valence-corrected chi connectivity index (χ2v) is 6.54. The van der Waals surface area contributed by atoms with Gasteiger partial charge in [0.25, 0.3) is 0 Å². The van der Waals surface area contributed by atoms with E-state index < -0.39 is 0 Å². The molecule has 1 N–H and O–H groups in total. The quantitative estimate of drug-likeness (QED) is 0.946. The van der Waals surface area contributed by atoms with Crippen molar-refractivity contribution in [2.45, 2.75) is 13.0 Å². The summed E-state index contributed by atoms with van der Waals surface area (Å²) < 4.78 is 0.951. The summed E-state index contributed by atoms with van der Waals surface area (Å²) >= 11 is 3.10. The molecule has 1 atom stereocenters. The first-order chi connectivity index (χ1) is 9.61. The molecule has 6 heteroatoms. The van der Waals surface area contributed by atoms with E-state index in [0.717, 1.165) is 26.0 Å². The minimum atomic E-state index is -0.202. The van der Waals surface area contributed by atoms with E-state index in [1.54, 1.807) is 36.9 Å². The average Bonchev–Trinajstić information content (AvgIpc) is 3.01. The zero-order valence-corrected chi connectivity index (χ0v) is 12.4. The molecule has 0 saturated carbocycles. The third-order valence-corrected chi connectivity index (χ3v) is 4.90. The van der Waals surface area contributed by atoms with Crippen molar-refractivity contribution in [1.82, 2.24) is 4.98 Å². The van der Waals surface area contributed by atoms with Gasteiger partial charge in [0, 0.05) is 5.75 Å². The number of nitrogens with zero attached hydrogens (tertiary/aromatic N) is 2. The maximum Gasteiger partial charge on any atom is 0.155 e. The maximum atomic E-state index is 11.2. The number of phenolic OH excluding ortho intramolecular Hbond substituents is 1. The fraction of sp³-hybridized carbons (Fsp3) is 0.214. The number of aromatic nitrogens is 1. The van der Waals surface area contributed by atoms with E-state index in [1.165, 1.54) is 11.3 Å². The van der Waals surface area contributed by atoms with Crippen LogP contribution < -0.4 is 0 Å². The molecule has 0 saturated heterocycles. The molecule has 0 spiro atoms. The Morgan fingerprint density at radius 2 is 2.30 bits per heavy atom. The molecule has 4 nitrogen and oxygen atoms in total. The molecule has 3 rings (SSSR count). The van der Waals surface area contributed by atoms with Crippen molar-refractivity contribution in [2.75, 3.05) is 5.75 Å². The Bertz CT molecular complexity index is 734. The number of aliphatic imine (C=N–C) groups is 1. The van der Waals surface area contributed by atoms with Gasteiger partial charge in [-0.1, -0.05) is 0 Å². The van der Waals surface area contributed by atoms with Crippen LogP contribution in [0.3, 0.4) is 0 Å². The van der Waals surface area contributed by atoms with Crippen LogP contribution in [0.1, 0.15) is 11.9 Å². The minimum Gasteiger partial charge on any atom is -0.508 e. The van der Waals surface area contributed by atoms with Crippen LogP contribution in [0.5, 0.6) is 5.75 Å². The number of thiazole rings is 1. The highest BCUT2D eigenvalue weighted by Crippen LogP contribution is 2.27. The fourth-order valence-electron chi connectivity index (χ4n) is 1.84. The van der Waals surface area contributed by atoms with Crippen molar-refractivity contribution in [3.63, 3.8) is 0 Å². The van der Waals surface area contributed by atoms with Crippen molar-refractivity contribution in [3.8, 4) is 5.75 Å². The van der Waals surface area contributed by atoms with Gasteiger partial charge in [0.2, 0.25) is 0 Å². The number of rotatable bonds is 3.